The van der Waals surface area contributed by atoms with Gasteiger partial charge in [-0.2, -0.15) is 0 Å². The monoisotopic (exact) mass is 691 g/mol. The molecular weight excluding hydrogens is 646 g/mol. The van der Waals surface area contributed by atoms with Crippen LogP contribution in [0.2, 0.25) is 0 Å². The first-order valence-electron chi connectivity index (χ1n) is 16.9. The number of aromatic hydroxyl groups is 1. The molecule has 0 aliphatic heterocycles. The second-order valence-electron chi connectivity index (χ2n) is 13.1. The number of H-pyrrole nitrogens is 1. The van der Waals surface area contributed by atoms with Gasteiger partial charge in [-0.1, -0.05) is 66.7 Å². The van der Waals surface area contributed by atoms with Crippen LogP contribution in [-0.4, -0.2) is 70.9 Å². The summed E-state index contributed by atoms with van der Waals surface area (Å²) < 4.78 is 5.79. The Balaban J connectivity index is 1.01. The van der Waals surface area contributed by atoms with Crippen LogP contribution in [0.1, 0.15) is 47.9 Å². The molecule has 0 saturated heterocycles. The van der Waals surface area contributed by atoms with Crippen LogP contribution < -0.4 is 21.5 Å². The number of hydrogen-bond donors (Lipinski definition) is 6. The third-order valence-electron chi connectivity index (χ3n) is 8.64. The second kappa shape index (κ2) is 16.9. The zero-order valence-electron chi connectivity index (χ0n) is 29.1. The molecular formula is C40H45N5O6. The van der Waals surface area contributed by atoms with E-state index in [4.69, 9.17) is 4.74 Å². The highest BCUT2D eigenvalue weighted by Gasteiger charge is 2.24. The van der Waals surface area contributed by atoms with Crippen molar-refractivity contribution >= 4 is 28.6 Å². The fourth-order valence-electron chi connectivity index (χ4n) is 5.72. The summed E-state index contributed by atoms with van der Waals surface area (Å²) in [5.41, 5.74) is 3.92. The van der Waals surface area contributed by atoms with E-state index in [1.54, 1.807) is 24.3 Å². The quantitative estimate of drug-likeness (QED) is 0.0805. The van der Waals surface area contributed by atoms with E-state index in [9.17, 15) is 24.6 Å². The van der Waals surface area contributed by atoms with Crippen LogP contribution in [-0.2, 0) is 11.3 Å². The van der Waals surface area contributed by atoms with Crippen LogP contribution in [0.15, 0.2) is 108 Å². The number of aromatic nitrogens is 1. The maximum atomic E-state index is 12.8. The second-order valence-corrected chi connectivity index (χ2v) is 13.1. The minimum Gasteiger partial charge on any atom is -0.506 e. The lowest BCUT2D eigenvalue weighted by Crippen LogP contribution is -2.37. The summed E-state index contributed by atoms with van der Waals surface area (Å²) in [6.07, 6.45) is -0.780. The lowest BCUT2D eigenvalue weighted by Gasteiger charge is -2.28. The van der Waals surface area contributed by atoms with Gasteiger partial charge in [-0.25, -0.2) is 4.79 Å². The molecule has 4 aromatic carbocycles. The maximum Gasteiger partial charge on any atom is 0.412 e. The standard InChI is InChI=1S/C40H45N5O6/c1-40(2,51-39(50)43-33-12-8-7-11-30(33)28-9-5-4-6-10-28)21-23-45(3)24-22-42-38(49)29-15-13-27(14-16-29)25-41-26-35(47)31-17-19-34(46)37-32(31)18-20-36(48)44-37/h4-20,35,41,46-47H,21-26H2,1-3H3,(H,42,49)(H,43,50)(H,44,48). The molecule has 11 nitrogen and oxygen atoms in total. The number of nitrogens with one attached hydrogen (secondary N) is 4. The van der Waals surface area contributed by atoms with Gasteiger partial charge in [0.25, 0.3) is 5.91 Å². The minimum atomic E-state index is -0.867. The van der Waals surface area contributed by atoms with Crippen molar-refractivity contribution in [1.82, 2.24) is 20.5 Å². The van der Waals surface area contributed by atoms with E-state index >= 15 is 0 Å². The number of pyridine rings is 1. The summed E-state index contributed by atoms with van der Waals surface area (Å²) in [5, 5.41) is 30.5. The summed E-state index contributed by atoms with van der Waals surface area (Å²) in [4.78, 5) is 41.9. The summed E-state index contributed by atoms with van der Waals surface area (Å²) >= 11 is 0. The molecule has 6 N–H and O–H groups in total. The lowest BCUT2D eigenvalue weighted by molar-refractivity contribution is 0.0358. The van der Waals surface area contributed by atoms with E-state index in [0.717, 1.165) is 16.7 Å². The Morgan fingerprint density at radius 1 is 0.902 bits per heavy atom. The number of para-hydroxylation sites is 1. The van der Waals surface area contributed by atoms with Crippen LogP contribution in [0, 0.1) is 0 Å². The molecule has 0 aliphatic rings. The Kier molecular flexibility index (Phi) is 12.2. The molecule has 1 heterocycles. The molecule has 0 spiro atoms. The number of aliphatic hydroxyl groups is 1. The van der Waals surface area contributed by atoms with Crippen molar-refractivity contribution in [3.05, 3.63) is 130 Å². The number of rotatable bonds is 15. The third kappa shape index (κ3) is 10.3. The van der Waals surface area contributed by atoms with Gasteiger partial charge in [-0.05, 0) is 74.3 Å². The van der Waals surface area contributed by atoms with Crippen molar-refractivity contribution in [1.29, 1.82) is 0 Å². The summed E-state index contributed by atoms with van der Waals surface area (Å²) in [5.74, 6) is -0.232. The molecule has 5 aromatic rings. The zero-order valence-corrected chi connectivity index (χ0v) is 29.1. The van der Waals surface area contributed by atoms with Gasteiger partial charge in [0.15, 0.2) is 0 Å². The average Bonchev–Trinajstić information content (AvgIpc) is 3.11. The smallest absolute Gasteiger partial charge is 0.412 e. The molecule has 5 rings (SSSR count). The Bertz CT molecular complexity index is 2000. The number of hydrogen-bond acceptors (Lipinski definition) is 8. The van der Waals surface area contributed by atoms with Crippen LogP contribution in [0.4, 0.5) is 10.5 Å². The summed E-state index contributed by atoms with van der Waals surface area (Å²) in [6, 6.07) is 30.8. The van der Waals surface area contributed by atoms with E-state index in [1.165, 1.54) is 12.1 Å². The topological polar surface area (TPSA) is 156 Å². The number of fused-ring (bicyclic) bond motifs is 1. The van der Waals surface area contributed by atoms with Crippen molar-refractivity contribution in [3.63, 3.8) is 0 Å². The summed E-state index contributed by atoms with van der Waals surface area (Å²) in [6.45, 7) is 6.22. The number of amides is 2. The van der Waals surface area contributed by atoms with E-state index in [-0.39, 0.29) is 29.3 Å². The van der Waals surface area contributed by atoms with Gasteiger partial charge in [0.05, 0.1) is 17.3 Å². The highest BCUT2D eigenvalue weighted by molar-refractivity contribution is 5.94. The number of carbonyl (C=O) groups excluding carboxylic acids is 2. The van der Waals surface area contributed by atoms with Crippen molar-refractivity contribution < 1.29 is 24.5 Å². The van der Waals surface area contributed by atoms with Crippen molar-refractivity contribution in [2.45, 2.75) is 38.5 Å². The van der Waals surface area contributed by atoms with Gasteiger partial charge in [0, 0.05) is 55.3 Å². The highest BCUT2D eigenvalue weighted by atomic mass is 16.6. The molecule has 0 saturated carbocycles. The number of phenols is 1. The molecule has 1 unspecified atom stereocenters. The first-order valence-corrected chi connectivity index (χ1v) is 16.9. The molecule has 11 heteroatoms. The number of carbonyl (C=O) groups is 2. The van der Waals surface area contributed by atoms with Crippen LogP contribution in [0.5, 0.6) is 5.75 Å². The molecule has 0 aliphatic carbocycles. The number of phenolic OH excluding ortho intramolecular Hbond substituents is 1. The molecule has 2 amide bonds. The van der Waals surface area contributed by atoms with Crippen LogP contribution >= 0.6 is 0 Å². The van der Waals surface area contributed by atoms with Gasteiger partial charge in [-0.3, -0.25) is 14.9 Å². The Morgan fingerprint density at radius 3 is 2.39 bits per heavy atom. The SMILES string of the molecule is CN(CCNC(=O)c1ccc(CNCC(O)c2ccc(O)c3[nH]c(=O)ccc23)cc1)CCC(C)(C)OC(=O)Nc1ccccc1-c1ccccc1. The number of nitrogens with zero attached hydrogens (tertiary/aromatic N) is 1. The molecule has 266 valence electrons. The van der Waals surface area contributed by atoms with E-state index in [1.807, 2.05) is 87.6 Å². The average molecular weight is 692 g/mol. The normalized spacial score (nSPS) is 12.1. The van der Waals surface area contributed by atoms with E-state index < -0.39 is 17.8 Å². The van der Waals surface area contributed by atoms with Gasteiger partial charge in [0.1, 0.15) is 11.4 Å². The van der Waals surface area contributed by atoms with Crippen molar-refractivity contribution in [3.8, 4) is 16.9 Å². The lowest BCUT2D eigenvalue weighted by atomic mass is 10.0. The Hall–Kier alpha value is -5.49. The number of benzene rings is 4. The van der Waals surface area contributed by atoms with Crippen LogP contribution in [0.3, 0.4) is 0 Å². The van der Waals surface area contributed by atoms with E-state index in [2.05, 4.69) is 25.8 Å². The van der Waals surface area contributed by atoms with Crippen molar-refractivity contribution in [2.24, 2.45) is 0 Å². The first kappa shape index (κ1) is 36.8. The molecule has 0 fully saturated rings. The minimum absolute atomic E-state index is 0.0578. The third-order valence-corrected chi connectivity index (χ3v) is 8.64. The predicted octanol–water partition coefficient (Wildman–Crippen LogP) is 5.80. The van der Waals surface area contributed by atoms with Gasteiger partial charge < -0.3 is 35.5 Å². The number of aliphatic hydroxyl groups excluding tert-OH is 1. The molecule has 1 aromatic heterocycles. The largest absolute Gasteiger partial charge is 0.506 e. The van der Waals surface area contributed by atoms with E-state index in [0.29, 0.717) is 54.8 Å². The maximum absolute atomic E-state index is 12.8. The summed E-state index contributed by atoms with van der Waals surface area (Å²) in [7, 11) is 1.96. The number of anilines is 1. The highest BCUT2D eigenvalue weighted by Crippen LogP contribution is 2.29. The van der Waals surface area contributed by atoms with Gasteiger partial charge >= 0.3 is 6.09 Å². The van der Waals surface area contributed by atoms with Gasteiger partial charge in [0.2, 0.25) is 5.56 Å². The molecule has 1 atom stereocenters. The zero-order chi connectivity index (χ0) is 36.4. The predicted molar refractivity (Wildman–Crippen MR) is 200 cm³/mol. The fourth-order valence-corrected chi connectivity index (χ4v) is 5.72. The first-order chi connectivity index (χ1) is 24.5. The van der Waals surface area contributed by atoms with Crippen LogP contribution in [0.25, 0.3) is 22.0 Å². The number of likely N-dealkylation sites (N-methyl/N-ethyl adjacent to an activating group) is 1. The fraction of sp³-hybridized carbons (Fsp3) is 0.275. The number of ether oxygens (including phenoxy) is 1. The molecule has 0 bridgehead atoms. The van der Waals surface area contributed by atoms with Crippen molar-refractivity contribution in [2.75, 3.05) is 38.5 Å². The Labute approximate surface area is 297 Å². The molecule has 0 radical (unpaired) electrons. The number of aromatic amines is 1. The van der Waals surface area contributed by atoms with Gasteiger partial charge in [-0.15, -0.1) is 0 Å². The Morgan fingerprint density at radius 2 is 1.63 bits per heavy atom. The molecule has 51 heavy (non-hydrogen) atoms.